The Morgan fingerprint density at radius 2 is 1.81 bits per heavy atom. The lowest BCUT2D eigenvalue weighted by molar-refractivity contribution is -0.385. The van der Waals surface area contributed by atoms with Crippen LogP contribution in [0.3, 0.4) is 0 Å². The molecule has 0 saturated carbocycles. The van der Waals surface area contributed by atoms with Crippen LogP contribution in [-0.4, -0.2) is 4.92 Å². The van der Waals surface area contributed by atoms with Gasteiger partial charge in [0.2, 0.25) is 0 Å². The lowest BCUT2D eigenvalue weighted by atomic mass is 10.0. The van der Waals surface area contributed by atoms with E-state index < -0.39 is 0 Å². The van der Waals surface area contributed by atoms with Gasteiger partial charge in [-0.05, 0) is 31.5 Å². The number of para-hydroxylation sites is 1. The first-order valence-corrected chi connectivity index (χ1v) is 7.11. The summed E-state index contributed by atoms with van der Waals surface area (Å²) in [5.74, 6) is 0. The Labute approximate surface area is 128 Å². The molecule has 2 atom stereocenters. The van der Waals surface area contributed by atoms with Crippen molar-refractivity contribution in [1.82, 2.24) is 5.32 Å². The van der Waals surface area contributed by atoms with Crippen LogP contribution in [0.1, 0.15) is 37.1 Å². The summed E-state index contributed by atoms with van der Waals surface area (Å²) in [5, 5.41) is 15.1. The molecule has 2 rings (SSSR count). The summed E-state index contributed by atoms with van der Waals surface area (Å²) in [4.78, 5) is 10.7. The molecule has 0 aliphatic heterocycles. The number of halogens is 1. The molecule has 110 valence electrons. The second kappa shape index (κ2) is 6.70. The van der Waals surface area contributed by atoms with E-state index in [2.05, 4.69) is 5.32 Å². The summed E-state index contributed by atoms with van der Waals surface area (Å²) in [6, 6.07) is 14.3. The molecule has 1 unspecified atom stereocenters. The molecule has 5 heteroatoms. The van der Waals surface area contributed by atoms with Gasteiger partial charge < -0.3 is 5.32 Å². The van der Waals surface area contributed by atoms with Crippen LogP contribution in [0.2, 0.25) is 5.02 Å². The van der Waals surface area contributed by atoms with Gasteiger partial charge >= 0.3 is 0 Å². The summed E-state index contributed by atoms with van der Waals surface area (Å²) < 4.78 is 0. The molecule has 0 fully saturated rings. The fraction of sp³-hybridized carbons (Fsp3) is 0.250. The Bertz CT molecular complexity index is 646. The van der Waals surface area contributed by atoms with Gasteiger partial charge in [0.1, 0.15) is 0 Å². The summed E-state index contributed by atoms with van der Waals surface area (Å²) in [5.41, 5.74) is 1.86. The second-order valence-electron chi connectivity index (χ2n) is 4.98. The third kappa shape index (κ3) is 3.80. The van der Waals surface area contributed by atoms with Gasteiger partial charge in [0.05, 0.1) is 4.92 Å². The Morgan fingerprint density at radius 1 is 1.10 bits per heavy atom. The molecular weight excluding hydrogens is 288 g/mol. The Hall–Kier alpha value is -1.91. The summed E-state index contributed by atoms with van der Waals surface area (Å²) in [6.07, 6.45) is 0. The molecule has 1 N–H and O–H groups in total. The van der Waals surface area contributed by atoms with Gasteiger partial charge in [-0.25, -0.2) is 0 Å². The van der Waals surface area contributed by atoms with Crippen molar-refractivity contribution in [2.24, 2.45) is 0 Å². The summed E-state index contributed by atoms with van der Waals surface area (Å²) >= 11 is 5.99. The Kier molecular flexibility index (Phi) is 4.94. The predicted octanol–water partition coefficient (Wildman–Crippen LogP) is 4.66. The zero-order valence-electron chi connectivity index (χ0n) is 11.9. The van der Waals surface area contributed by atoms with Crippen molar-refractivity contribution in [3.63, 3.8) is 0 Å². The zero-order chi connectivity index (χ0) is 15.4. The number of rotatable bonds is 5. The quantitative estimate of drug-likeness (QED) is 0.645. The maximum Gasteiger partial charge on any atom is 0.274 e. The monoisotopic (exact) mass is 304 g/mol. The molecule has 0 spiro atoms. The van der Waals surface area contributed by atoms with Gasteiger partial charge in [-0.1, -0.05) is 41.9 Å². The molecule has 2 aromatic carbocycles. The lowest BCUT2D eigenvalue weighted by Gasteiger charge is -2.20. The third-order valence-electron chi connectivity index (χ3n) is 3.45. The number of nitrogens with zero attached hydrogens (tertiary/aromatic N) is 1. The second-order valence-corrected chi connectivity index (χ2v) is 5.42. The van der Waals surface area contributed by atoms with E-state index in [9.17, 15) is 10.1 Å². The van der Waals surface area contributed by atoms with Crippen LogP contribution in [0.5, 0.6) is 0 Å². The highest BCUT2D eigenvalue weighted by atomic mass is 35.5. The molecule has 0 bridgehead atoms. The van der Waals surface area contributed by atoms with E-state index >= 15 is 0 Å². The standard InChI is InChI=1S/C16H17ClN2O2/c1-11(13-6-5-7-14(17)10-13)18-12(2)15-8-3-4-9-16(15)19(20)21/h3-12,18H,1-2H3/t11-,12?/m1/s1. The fourth-order valence-electron chi connectivity index (χ4n) is 2.36. The maximum absolute atomic E-state index is 11.1. The molecule has 2 aromatic rings. The molecule has 0 saturated heterocycles. The van der Waals surface area contributed by atoms with Gasteiger partial charge in [-0.3, -0.25) is 10.1 Å². The number of benzene rings is 2. The molecule has 0 aromatic heterocycles. The van der Waals surface area contributed by atoms with Crippen LogP contribution < -0.4 is 5.32 Å². The maximum atomic E-state index is 11.1. The normalized spacial score (nSPS) is 13.7. The van der Waals surface area contributed by atoms with Gasteiger partial charge in [0.15, 0.2) is 0 Å². The number of nitro groups is 1. The van der Waals surface area contributed by atoms with Crippen molar-refractivity contribution in [3.8, 4) is 0 Å². The van der Waals surface area contributed by atoms with Crippen molar-refractivity contribution in [1.29, 1.82) is 0 Å². The zero-order valence-corrected chi connectivity index (χ0v) is 12.7. The number of nitro benzene ring substituents is 1. The van der Waals surface area contributed by atoms with Gasteiger partial charge in [0, 0.05) is 28.7 Å². The highest BCUT2D eigenvalue weighted by Gasteiger charge is 2.19. The van der Waals surface area contributed by atoms with E-state index in [1.54, 1.807) is 12.1 Å². The molecule has 0 amide bonds. The highest BCUT2D eigenvalue weighted by Crippen LogP contribution is 2.27. The van der Waals surface area contributed by atoms with Crippen molar-refractivity contribution in [2.45, 2.75) is 25.9 Å². The minimum atomic E-state index is -0.350. The number of hydrogen-bond donors (Lipinski definition) is 1. The summed E-state index contributed by atoms with van der Waals surface area (Å²) in [7, 11) is 0. The summed E-state index contributed by atoms with van der Waals surface area (Å²) in [6.45, 7) is 3.93. The van der Waals surface area contributed by atoms with Crippen molar-refractivity contribution in [3.05, 3.63) is 74.8 Å². The molecule has 0 heterocycles. The van der Waals surface area contributed by atoms with E-state index in [0.29, 0.717) is 10.6 Å². The lowest BCUT2D eigenvalue weighted by Crippen LogP contribution is -2.23. The smallest absolute Gasteiger partial charge is 0.274 e. The van der Waals surface area contributed by atoms with Crippen LogP contribution in [-0.2, 0) is 0 Å². The average molecular weight is 305 g/mol. The molecule has 0 radical (unpaired) electrons. The SMILES string of the molecule is CC(N[C@H](C)c1cccc(Cl)c1)c1ccccc1[N+](=O)[O-]. The largest absolute Gasteiger partial charge is 0.303 e. The first-order chi connectivity index (χ1) is 9.99. The minimum Gasteiger partial charge on any atom is -0.303 e. The van der Waals surface area contributed by atoms with Crippen LogP contribution in [0.15, 0.2) is 48.5 Å². The van der Waals surface area contributed by atoms with Crippen LogP contribution in [0.4, 0.5) is 5.69 Å². The molecule has 0 aliphatic carbocycles. The topological polar surface area (TPSA) is 55.2 Å². The van der Waals surface area contributed by atoms with Gasteiger partial charge in [0.25, 0.3) is 5.69 Å². The van der Waals surface area contributed by atoms with Crippen LogP contribution >= 0.6 is 11.6 Å². The molecule has 4 nitrogen and oxygen atoms in total. The Balaban J connectivity index is 2.18. The van der Waals surface area contributed by atoms with E-state index in [0.717, 1.165) is 5.56 Å². The van der Waals surface area contributed by atoms with Gasteiger partial charge in [-0.15, -0.1) is 0 Å². The number of hydrogen-bond acceptors (Lipinski definition) is 3. The molecule has 0 aliphatic rings. The van der Waals surface area contributed by atoms with Crippen molar-refractivity contribution < 1.29 is 4.92 Å². The van der Waals surface area contributed by atoms with Crippen LogP contribution in [0, 0.1) is 10.1 Å². The fourth-order valence-corrected chi connectivity index (χ4v) is 2.56. The third-order valence-corrected chi connectivity index (χ3v) is 3.68. The van der Waals surface area contributed by atoms with E-state index in [1.807, 2.05) is 44.2 Å². The van der Waals surface area contributed by atoms with Gasteiger partial charge in [-0.2, -0.15) is 0 Å². The van der Waals surface area contributed by atoms with E-state index in [4.69, 9.17) is 11.6 Å². The minimum absolute atomic E-state index is 0.0403. The molecule has 21 heavy (non-hydrogen) atoms. The predicted molar refractivity (Wildman–Crippen MR) is 84.5 cm³/mol. The first kappa shape index (κ1) is 15.5. The van der Waals surface area contributed by atoms with Crippen molar-refractivity contribution >= 4 is 17.3 Å². The van der Waals surface area contributed by atoms with Crippen LogP contribution in [0.25, 0.3) is 0 Å². The Morgan fingerprint density at radius 3 is 2.48 bits per heavy atom. The average Bonchev–Trinajstić information content (AvgIpc) is 2.47. The first-order valence-electron chi connectivity index (χ1n) is 6.74. The van der Waals surface area contributed by atoms with E-state index in [1.165, 1.54) is 6.07 Å². The van der Waals surface area contributed by atoms with E-state index in [-0.39, 0.29) is 22.7 Å². The van der Waals surface area contributed by atoms with Crippen molar-refractivity contribution in [2.75, 3.05) is 0 Å². The number of nitrogens with one attached hydrogen (secondary N) is 1. The highest BCUT2D eigenvalue weighted by molar-refractivity contribution is 6.30. The molecular formula is C16H17ClN2O2.